The van der Waals surface area contributed by atoms with Crippen LogP contribution in [-0.4, -0.2) is 31.5 Å². The highest BCUT2D eigenvalue weighted by Gasteiger charge is 2.15. The quantitative estimate of drug-likeness (QED) is 0.867. The van der Waals surface area contributed by atoms with Gasteiger partial charge in [-0.05, 0) is 30.9 Å². The number of hydrogen-bond acceptors (Lipinski definition) is 5. The molecule has 2 heterocycles. The number of benzene rings is 1. The van der Waals surface area contributed by atoms with Gasteiger partial charge in [0.25, 0.3) is 0 Å². The minimum absolute atomic E-state index is 0.0420. The number of piperidine rings is 1. The first-order valence-corrected chi connectivity index (χ1v) is 9.86. The molecule has 0 atom stereocenters. The summed E-state index contributed by atoms with van der Waals surface area (Å²) in [7, 11) is -3.41. The molecule has 1 aromatic heterocycles. The minimum atomic E-state index is -3.41. The predicted octanol–water partition coefficient (Wildman–Crippen LogP) is 2.09. The first kappa shape index (κ1) is 16.9. The van der Waals surface area contributed by atoms with Crippen LogP contribution in [0.5, 0.6) is 0 Å². The SMILES string of the molecule is O=S(=O)(Cc1ccccc1)NCc1nccc(N2CCCCC2)n1. The van der Waals surface area contributed by atoms with E-state index in [4.69, 9.17) is 0 Å². The maximum absolute atomic E-state index is 12.2. The summed E-state index contributed by atoms with van der Waals surface area (Å²) in [5.74, 6) is 1.33. The van der Waals surface area contributed by atoms with Gasteiger partial charge in [0.05, 0.1) is 12.3 Å². The lowest BCUT2D eigenvalue weighted by Crippen LogP contribution is -2.31. The monoisotopic (exact) mass is 346 g/mol. The van der Waals surface area contributed by atoms with Crippen LogP contribution in [0.1, 0.15) is 30.7 Å². The van der Waals surface area contributed by atoms with Crippen LogP contribution in [0, 0.1) is 0 Å². The van der Waals surface area contributed by atoms with Crippen molar-refractivity contribution in [2.75, 3.05) is 18.0 Å². The van der Waals surface area contributed by atoms with Crippen molar-refractivity contribution in [3.8, 4) is 0 Å². The summed E-state index contributed by atoms with van der Waals surface area (Å²) in [4.78, 5) is 10.9. The lowest BCUT2D eigenvalue weighted by atomic mass is 10.1. The van der Waals surface area contributed by atoms with Crippen molar-refractivity contribution >= 4 is 15.8 Å². The zero-order chi connectivity index (χ0) is 16.8. The first-order chi connectivity index (χ1) is 11.6. The summed E-state index contributed by atoms with van der Waals surface area (Å²) >= 11 is 0. The van der Waals surface area contributed by atoms with Crippen LogP contribution in [-0.2, 0) is 22.3 Å². The molecule has 1 saturated heterocycles. The zero-order valence-corrected chi connectivity index (χ0v) is 14.4. The summed E-state index contributed by atoms with van der Waals surface area (Å²) in [5, 5.41) is 0. The van der Waals surface area contributed by atoms with E-state index in [2.05, 4.69) is 19.6 Å². The Morgan fingerprint density at radius 1 is 1.04 bits per heavy atom. The number of sulfonamides is 1. The summed E-state index contributed by atoms with van der Waals surface area (Å²) in [6.07, 6.45) is 5.29. The summed E-state index contributed by atoms with van der Waals surface area (Å²) in [5.41, 5.74) is 0.757. The molecule has 1 aromatic carbocycles. The number of hydrogen-bond donors (Lipinski definition) is 1. The molecule has 0 amide bonds. The molecule has 1 N–H and O–H groups in total. The number of nitrogens with one attached hydrogen (secondary N) is 1. The molecule has 0 saturated carbocycles. The lowest BCUT2D eigenvalue weighted by Gasteiger charge is -2.27. The van der Waals surface area contributed by atoms with E-state index < -0.39 is 10.0 Å². The maximum atomic E-state index is 12.2. The van der Waals surface area contributed by atoms with Crippen LogP contribution in [0.15, 0.2) is 42.6 Å². The van der Waals surface area contributed by atoms with Crippen molar-refractivity contribution in [3.63, 3.8) is 0 Å². The first-order valence-electron chi connectivity index (χ1n) is 8.20. The fourth-order valence-corrected chi connectivity index (χ4v) is 3.87. The van der Waals surface area contributed by atoms with Gasteiger partial charge in [-0.1, -0.05) is 30.3 Å². The van der Waals surface area contributed by atoms with Crippen LogP contribution >= 0.6 is 0 Å². The molecule has 3 rings (SSSR count). The van der Waals surface area contributed by atoms with E-state index in [1.807, 2.05) is 24.3 Å². The molecule has 1 aliphatic rings. The fourth-order valence-electron chi connectivity index (χ4n) is 2.79. The topological polar surface area (TPSA) is 75.2 Å². The van der Waals surface area contributed by atoms with Crippen LogP contribution < -0.4 is 9.62 Å². The second-order valence-corrected chi connectivity index (χ2v) is 7.75. The molecule has 0 aliphatic carbocycles. The summed E-state index contributed by atoms with van der Waals surface area (Å²) in [6, 6.07) is 11.0. The van der Waals surface area contributed by atoms with Crippen LogP contribution in [0.4, 0.5) is 5.82 Å². The Kier molecular flexibility index (Phi) is 5.42. The minimum Gasteiger partial charge on any atom is -0.357 e. The standard InChI is InChI=1S/C17H22N4O2S/c22-24(23,14-15-7-3-1-4-8-15)19-13-16-18-10-9-17(20-16)21-11-5-2-6-12-21/h1,3-4,7-10,19H,2,5-6,11-14H2. The van der Waals surface area contributed by atoms with Crippen molar-refractivity contribution in [1.82, 2.24) is 14.7 Å². The third kappa shape index (κ3) is 4.75. The molecule has 2 aromatic rings. The Hall–Kier alpha value is -1.99. The van der Waals surface area contributed by atoms with Gasteiger partial charge < -0.3 is 4.90 Å². The highest BCUT2D eigenvalue weighted by Crippen LogP contribution is 2.17. The van der Waals surface area contributed by atoms with E-state index in [0.29, 0.717) is 5.82 Å². The summed E-state index contributed by atoms with van der Waals surface area (Å²) in [6.45, 7) is 2.10. The van der Waals surface area contributed by atoms with Gasteiger partial charge in [0.1, 0.15) is 11.6 Å². The highest BCUT2D eigenvalue weighted by atomic mass is 32.2. The van der Waals surface area contributed by atoms with Gasteiger partial charge >= 0.3 is 0 Å². The molecule has 7 heteroatoms. The normalized spacial score (nSPS) is 15.4. The van der Waals surface area contributed by atoms with Gasteiger partial charge in [-0.2, -0.15) is 0 Å². The van der Waals surface area contributed by atoms with Gasteiger partial charge in [0.15, 0.2) is 0 Å². The van der Waals surface area contributed by atoms with Crippen molar-refractivity contribution in [2.45, 2.75) is 31.6 Å². The van der Waals surface area contributed by atoms with E-state index in [-0.39, 0.29) is 12.3 Å². The van der Waals surface area contributed by atoms with Gasteiger partial charge in [-0.15, -0.1) is 0 Å². The van der Waals surface area contributed by atoms with E-state index in [9.17, 15) is 8.42 Å². The molecule has 0 radical (unpaired) electrons. The average molecular weight is 346 g/mol. The third-order valence-corrected chi connectivity index (χ3v) is 5.32. The van der Waals surface area contributed by atoms with Gasteiger partial charge in [0, 0.05) is 19.3 Å². The molecule has 128 valence electrons. The molecule has 0 unspecified atom stereocenters. The Balaban J connectivity index is 1.61. The predicted molar refractivity (Wildman–Crippen MR) is 94.0 cm³/mol. The van der Waals surface area contributed by atoms with Gasteiger partial charge in [0.2, 0.25) is 10.0 Å². The lowest BCUT2D eigenvalue weighted by molar-refractivity contribution is 0.569. The van der Waals surface area contributed by atoms with Crippen molar-refractivity contribution in [2.24, 2.45) is 0 Å². The second kappa shape index (κ2) is 7.72. The van der Waals surface area contributed by atoms with E-state index in [0.717, 1.165) is 24.5 Å². The Morgan fingerprint density at radius 3 is 2.54 bits per heavy atom. The second-order valence-electron chi connectivity index (χ2n) is 5.94. The summed E-state index contributed by atoms with van der Waals surface area (Å²) < 4.78 is 26.9. The van der Waals surface area contributed by atoms with Crippen LogP contribution in [0.2, 0.25) is 0 Å². The van der Waals surface area contributed by atoms with Crippen molar-refractivity contribution in [3.05, 3.63) is 54.0 Å². The smallest absolute Gasteiger partial charge is 0.216 e. The molecule has 0 spiro atoms. The number of anilines is 1. The zero-order valence-electron chi connectivity index (χ0n) is 13.6. The van der Waals surface area contributed by atoms with Gasteiger partial charge in [-0.3, -0.25) is 0 Å². The third-order valence-electron chi connectivity index (χ3n) is 4.02. The molecule has 6 nitrogen and oxygen atoms in total. The molecule has 0 bridgehead atoms. The highest BCUT2D eigenvalue weighted by molar-refractivity contribution is 7.88. The molecule has 1 fully saturated rings. The van der Waals surface area contributed by atoms with Crippen LogP contribution in [0.25, 0.3) is 0 Å². The number of nitrogens with zero attached hydrogens (tertiary/aromatic N) is 3. The van der Waals surface area contributed by atoms with E-state index >= 15 is 0 Å². The van der Waals surface area contributed by atoms with E-state index in [1.54, 1.807) is 18.3 Å². The van der Waals surface area contributed by atoms with Gasteiger partial charge in [-0.25, -0.2) is 23.1 Å². The maximum Gasteiger partial charge on any atom is 0.216 e. The molecule has 24 heavy (non-hydrogen) atoms. The molecule has 1 aliphatic heterocycles. The number of rotatable bonds is 6. The molecular weight excluding hydrogens is 324 g/mol. The molecular formula is C17H22N4O2S. The average Bonchev–Trinajstić information content (AvgIpc) is 2.62. The van der Waals surface area contributed by atoms with Crippen LogP contribution in [0.3, 0.4) is 0 Å². The van der Waals surface area contributed by atoms with Crippen molar-refractivity contribution in [1.29, 1.82) is 0 Å². The Morgan fingerprint density at radius 2 is 1.79 bits per heavy atom. The largest absolute Gasteiger partial charge is 0.357 e. The Labute approximate surface area is 143 Å². The van der Waals surface area contributed by atoms with E-state index in [1.165, 1.54) is 19.3 Å². The Bertz CT molecular complexity index is 759. The fraction of sp³-hybridized carbons (Fsp3) is 0.412. The van der Waals surface area contributed by atoms with Crippen molar-refractivity contribution < 1.29 is 8.42 Å². The number of aromatic nitrogens is 2.